The molecule has 5 heterocycles. The second-order valence-electron chi connectivity index (χ2n) is 8.37. The molecule has 0 aromatic carbocycles. The monoisotopic (exact) mass is 482 g/mol. The summed E-state index contributed by atoms with van der Waals surface area (Å²) < 4.78 is 44.3. The van der Waals surface area contributed by atoms with E-state index >= 15 is 0 Å². The van der Waals surface area contributed by atoms with Gasteiger partial charge in [0.1, 0.15) is 11.5 Å². The molecule has 12 heteroatoms. The Kier molecular flexibility index (Phi) is 5.30. The van der Waals surface area contributed by atoms with E-state index in [4.69, 9.17) is 11.1 Å². The Morgan fingerprint density at radius 1 is 1.20 bits per heavy atom. The highest BCUT2D eigenvalue weighted by atomic mass is 19.4. The summed E-state index contributed by atoms with van der Waals surface area (Å²) in [4.78, 5) is 23.1. The maximum Gasteiger partial charge on any atom is 0.435 e. The van der Waals surface area contributed by atoms with E-state index < -0.39 is 23.1 Å². The first-order valence-electron chi connectivity index (χ1n) is 10.8. The highest BCUT2D eigenvalue weighted by Crippen LogP contribution is 2.34. The number of nitrogens with one attached hydrogen (secondary N) is 1. The lowest BCUT2D eigenvalue weighted by Crippen LogP contribution is -2.26. The molecule has 5 rings (SSSR count). The van der Waals surface area contributed by atoms with Crippen LogP contribution in [0.3, 0.4) is 0 Å². The number of alkyl halides is 3. The first-order chi connectivity index (χ1) is 16.6. The Labute approximate surface area is 197 Å². The van der Waals surface area contributed by atoms with E-state index in [1.54, 1.807) is 13.2 Å². The topological polar surface area (TPSA) is 118 Å². The zero-order chi connectivity index (χ0) is 24.9. The van der Waals surface area contributed by atoms with Gasteiger partial charge in [-0.25, -0.2) is 9.97 Å². The average Bonchev–Trinajstić information content (AvgIpc) is 3.40. The third-order valence-corrected chi connectivity index (χ3v) is 5.95. The molecule has 0 saturated heterocycles. The lowest BCUT2D eigenvalue weighted by Gasteiger charge is -2.17. The van der Waals surface area contributed by atoms with Crippen LogP contribution in [-0.2, 0) is 24.1 Å². The minimum atomic E-state index is -4.77. The van der Waals surface area contributed by atoms with E-state index in [2.05, 4.69) is 15.1 Å². The molecule has 0 aliphatic carbocycles. The van der Waals surface area contributed by atoms with E-state index in [1.807, 2.05) is 22.6 Å². The van der Waals surface area contributed by atoms with Crippen molar-refractivity contribution in [3.05, 3.63) is 65.4 Å². The fourth-order valence-corrected chi connectivity index (χ4v) is 4.23. The molecule has 35 heavy (non-hydrogen) atoms. The van der Waals surface area contributed by atoms with Crippen molar-refractivity contribution >= 4 is 23.1 Å². The number of halogens is 3. The summed E-state index contributed by atoms with van der Waals surface area (Å²) in [7, 11) is 1.66. The summed E-state index contributed by atoms with van der Waals surface area (Å²) in [5.41, 5.74) is 6.40. The summed E-state index contributed by atoms with van der Waals surface area (Å²) in [6.07, 6.45) is 0.0813. The summed E-state index contributed by atoms with van der Waals surface area (Å²) in [5, 5.41) is 12.3. The standard InChI is InChI=1S/C23H21F3N8O/c1-32-12-16-20(34-8-3-2-5-17(34)30-16)13-9-14(22(28)29-10-13)19(27)15-11-33(7-4-6-18(32)35)31-21(15)23(24,25)26/h2-3,5,8-11,27H,4,6-7,12H2,1H3,(H2,28,29). The van der Waals surface area contributed by atoms with Gasteiger partial charge in [0.05, 0.1) is 29.2 Å². The number of imidazole rings is 1. The number of nitrogens with zero attached hydrogens (tertiary/aromatic N) is 6. The van der Waals surface area contributed by atoms with Gasteiger partial charge in [0, 0.05) is 49.7 Å². The van der Waals surface area contributed by atoms with Gasteiger partial charge in [0.25, 0.3) is 0 Å². The molecule has 4 aromatic rings. The second kappa shape index (κ2) is 8.22. The van der Waals surface area contributed by atoms with E-state index in [1.165, 1.54) is 23.4 Å². The van der Waals surface area contributed by atoms with Crippen LogP contribution in [0.4, 0.5) is 19.0 Å². The van der Waals surface area contributed by atoms with Gasteiger partial charge in [-0.05, 0) is 24.6 Å². The number of amides is 1. The number of hydrogen-bond acceptors (Lipinski definition) is 6. The molecule has 180 valence electrons. The third-order valence-electron chi connectivity index (χ3n) is 5.95. The summed E-state index contributed by atoms with van der Waals surface area (Å²) in [6, 6.07) is 6.99. The maximum atomic E-state index is 13.8. The lowest BCUT2D eigenvalue weighted by atomic mass is 10.0. The Balaban J connectivity index is 1.75. The quantitative estimate of drug-likeness (QED) is 0.399. The van der Waals surface area contributed by atoms with E-state index in [0.717, 1.165) is 4.68 Å². The van der Waals surface area contributed by atoms with Gasteiger partial charge < -0.3 is 10.6 Å². The number of pyridine rings is 2. The van der Waals surface area contributed by atoms with Gasteiger partial charge in [0.2, 0.25) is 5.91 Å². The van der Waals surface area contributed by atoms with Crippen LogP contribution in [0.25, 0.3) is 16.9 Å². The van der Waals surface area contributed by atoms with E-state index in [0.29, 0.717) is 22.6 Å². The molecular formula is C23H21F3N8O. The van der Waals surface area contributed by atoms with Crippen LogP contribution in [-0.4, -0.2) is 47.7 Å². The maximum absolute atomic E-state index is 13.8. The number of fused-ring (bicyclic) bond motifs is 8. The van der Waals surface area contributed by atoms with Gasteiger partial charge in [-0.15, -0.1) is 0 Å². The van der Waals surface area contributed by atoms with Crippen molar-refractivity contribution in [3.63, 3.8) is 0 Å². The number of rotatable bonds is 0. The number of hydrogen-bond donors (Lipinski definition) is 2. The summed E-state index contributed by atoms with van der Waals surface area (Å²) >= 11 is 0. The van der Waals surface area contributed by atoms with Crippen LogP contribution in [0.15, 0.2) is 42.9 Å². The molecule has 0 atom stereocenters. The number of aromatic nitrogens is 5. The fourth-order valence-electron chi connectivity index (χ4n) is 4.23. The van der Waals surface area contributed by atoms with Crippen molar-refractivity contribution < 1.29 is 18.0 Å². The summed E-state index contributed by atoms with van der Waals surface area (Å²) in [6.45, 7) is 0.305. The van der Waals surface area contributed by atoms with Crippen LogP contribution < -0.4 is 5.73 Å². The van der Waals surface area contributed by atoms with Crippen molar-refractivity contribution in [2.24, 2.45) is 0 Å². The van der Waals surface area contributed by atoms with Gasteiger partial charge in [-0.1, -0.05) is 6.07 Å². The molecule has 9 nitrogen and oxygen atoms in total. The van der Waals surface area contributed by atoms with E-state index in [9.17, 15) is 18.0 Å². The molecular weight excluding hydrogens is 461 g/mol. The Bertz CT molecular complexity index is 1470. The molecule has 4 aromatic heterocycles. The van der Waals surface area contributed by atoms with Crippen LogP contribution in [0.1, 0.15) is 35.4 Å². The molecule has 4 bridgehead atoms. The highest BCUT2D eigenvalue weighted by molar-refractivity contribution is 6.14. The fraction of sp³-hybridized carbons (Fsp3) is 0.261. The summed E-state index contributed by atoms with van der Waals surface area (Å²) in [5.74, 6) is -0.248. The van der Waals surface area contributed by atoms with Crippen LogP contribution in [0.5, 0.6) is 0 Å². The number of carbonyl (C=O) groups is 1. The lowest BCUT2D eigenvalue weighted by molar-refractivity contribution is -0.141. The minimum absolute atomic E-state index is 0.0451. The third kappa shape index (κ3) is 4.00. The zero-order valence-electron chi connectivity index (χ0n) is 18.7. The molecule has 0 spiro atoms. The van der Waals surface area contributed by atoms with Crippen molar-refractivity contribution in [2.45, 2.75) is 32.1 Å². The second-order valence-corrected chi connectivity index (χ2v) is 8.37. The Morgan fingerprint density at radius 2 is 2.00 bits per heavy atom. The predicted octanol–water partition coefficient (Wildman–Crippen LogP) is 3.36. The number of aryl methyl sites for hydroxylation is 1. The van der Waals surface area contributed by atoms with Gasteiger partial charge >= 0.3 is 6.18 Å². The normalized spacial score (nSPS) is 15.1. The van der Waals surface area contributed by atoms with Crippen LogP contribution in [0, 0.1) is 5.41 Å². The minimum Gasteiger partial charge on any atom is -0.383 e. The van der Waals surface area contributed by atoms with Crippen LogP contribution in [0.2, 0.25) is 0 Å². The van der Waals surface area contributed by atoms with Gasteiger partial charge in [0.15, 0.2) is 5.69 Å². The highest BCUT2D eigenvalue weighted by Gasteiger charge is 2.39. The van der Waals surface area contributed by atoms with Crippen molar-refractivity contribution in [1.82, 2.24) is 29.0 Å². The molecule has 0 fully saturated rings. The number of nitrogen functional groups attached to an aromatic ring is 1. The van der Waals surface area contributed by atoms with Crippen LogP contribution >= 0.6 is 0 Å². The van der Waals surface area contributed by atoms with Crippen molar-refractivity contribution in [3.8, 4) is 11.3 Å². The Hall–Kier alpha value is -4.22. The Morgan fingerprint density at radius 3 is 2.77 bits per heavy atom. The van der Waals surface area contributed by atoms with E-state index in [-0.39, 0.29) is 43.2 Å². The number of carbonyl (C=O) groups excluding carboxylic acids is 1. The molecule has 0 saturated carbocycles. The van der Waals surface area contributed by atoms with Crippen molar-refractivity contribution in [1.29, 1.82) is 5.41 Å². The SMILES string of the molecule is CN1Cc2nc3ccccn3c2-c2cnc(N)c(c2)C(=N)c2cn(nc2C(F)(F)F)CCCC1=O. The zero-order valence-corrected chi connectivity index (χ0v) is 18.7. The largest absolute Gasteiger partial charge is 0.435 e. The number of nitrogens with two attached hydrogens (primary N) is 1. The molecule has 0 unspecified atom stereocenters. The molecule has 1 aliphatic rings. The number of anilines is 1. The van der Waals surface area contributed by atoms with Gasteiger partial charge in [-0.2, -0.15) is 18.3 Å². The first-order valence-corrected chi connectivity index (χ1v) is 10.8. The predicted molar refractivity (Wildman–Crippen MR) is 122 cm³/mol. The molecule has 3 N–H and O–H groups in total. The smallest absolute Gasteiger partial charge is 0.383 e. The molecule has 0 radical (unpaired) electrons. The average molecular weight is 482 g/mol. The molecule has 1 amide bonds. The first kappa shape index (κ1) is 22.6. The van der Waals surface area contributed by atoms with Crippen molar-refractivity contribution in [2.75, 3.05) is 12.8 Å². The molecule has 1 aliphatic heterocycles. The van der Waals surface area contributed by atoms with Gasteiger partial charge in [-0.3, -0.25) is 19.3 Å².